The number of carbonyl (C=O) groups excluding carboxylic acids is 1. The molecule has 0 saturated heterocycles. The number of benzene rings is 2. The van der Waals surface area contributed by atoms with Crippen LogP contribution in [0.15, 0.2) is 42.5 Å². The molecule has 0 unspecified atom stereocenters. The second kappa shape index (κ2) is 7.39. The zero-order valence-corrected chi connectivity index (χ0v) is 13.6. The maximum Gasteiger partial charge on any atom is 0.299 e. The lowest BCUT2D eigenvalue weighted by molar-refractivity contribution is -0.393. The van der Waals surface area contributed by atoms with Gasteiger partial charge in [-0.15, -0.1) is 0 Å². The molecule has 0 aromatic heterocycles. The molecule has 2 aromatic rings. The van der Waals surface area contributed by atoms with Crippen molar-refractivity contribution in [1.29, 1.82) is 0 Å². The highest BCUT2D eigenvalue weighted by Crippen LogP contribution is 2.32. The Morgan fingerprint density at radius 1 is 1.00 bits per heavy atom. The molecule has 2 rings (SSSR count). The summed E-state index contributed by atoms with van der Waals surface area (Å²) in [5.74, 6) is -0.331. The fraction of sp³-hybridized carbons (Fsp3) is 0.188. The third-order valence-corrected chi connectivity index (χ3v) is 3.25. The first-order chi connectivity index (χ1) is 11.8. The molecule has 0 bridgehead atoms. The summed E-state index contributed by atoms with van der Waals surface area (Å²) in [6.07, 6.45) is 0. The maximum absolute atomic E-state index is 12.3. The highest BCUT2D eigenvalue weighted by molar-refractivity contribution is 6.00. The van der Waals surface area contributed by atoms with Crippen molar-refractivity contribution >= 4 is 28.7 Å². The summed E-state index contributed by atoms with van der Waals surface area (Å²) in [5, 5.41) is 27.6. The minimum absolute atomic E-state index is 0.0559. The van der Waals surface area contributed by atoms with Gasteiger partial charge in [0.2, 0.25) is 0 Å². The van der Waals surface area contributed by atoms with Gasteiger partial charge in [-0.1, -0.05) is 12.1 Å². The minimum Gasteiger partial charge on any atom is -0.350 e. The first-order valence-electron chi connectivity index (χ1n) is 7.39. The lowest BCUT2D eigenvalue weighted by atomic mass is 10.1. The van der Waals surface area contributed by atoms with E-state index in [0.717, 1.165) is 12.1 Å². The number of hydrogen-bond acceptors (Lipinski definition) is 6. The molecule has 0 atom stereocenters. The number of nitrogens with one attached hydrogen (secondary N) is 2. The molecule has 25 heavy (non-hydrogen) atoms. The van der Waals surface area contributed by atoms with Crippen LogP contribution in [0.1, 0.15) is 24.2 Å². The molecule has 0 spiro atoms. The summed E-state index contributed by atoms with van der Waals surface area (Å²) in [5.41, 5.74) is -0.113. The number of nitrogens with zero attached hydrogens (tertiary/aromatic N) is 2. The molecule has 0 fully saturated rings. The van der Waals surface area contributed by atoms with Crippen molar-refractivity contribution in [2.24, 2.45) is 0 Å². The van der Waals surface area contributed by atoms with Crippen LogP contribution >= 0.6 is 0 Å². The zero-order valence-electron chi connectivity index (χ0n) is 13.6. The van der Waals surface area contributed by atoms with Crippen LogP contribution in [0, 0.1) is 20.2 Å². The molecule has 0 aliphatic heterocycles. The van der Waals surface area contributed by atoms with Gasteiger partial charge in [0.15, 0.2) is 0 Å². The molecule has 1 amide bonds. The molecule has 0 aliphatic rings. The van der Waals surface area contributed by atoms with Crippen molar-refractivity contribution in [2.45, 2.75) is 19.9 Å². The highest BCUT2D eigenvalue weighted by atomic mass is 16.6. The predicted octanol–water partition coefficient (Wildman–Crippen LogP) is 3.38. The van der Waals surface area contributed by atoms with Crippen molar-refractivity contribution in [2.75, 3.05) is 5.32 Å². The summed E-state index contributed by atoms with van der Waals surface area (Å²) in [6, 6.07) is 9.72. The molecule has 2 aromatic carbocycles. The summed E-state index contributed by atoms with van der Waals surface area (Å²) < 4.78 is 0. The van der Waals surface area contributed by atoms with E-state index in [2.05, 4.69) is 10.6 Å². The molecule has 0 heterocycles. The number of nitro benzene ring substituents is 2. The summed E-state index contributed by atoms with van der Waals surface area (Å²) in [4.78, 5) is 32.8. The Hall–Kier alpha value is -3.49. The Labute approximate surface area is 143 Å². The van der Waals surface area contributed by atoms with E-state index >= 15 is 0 Å². The second-order valence-electron chi connectivity index (χ2n) is 5.51. The Morgan fingerprint density at radius 2 is 1.68 bits per heavy atom. The number of anilines is 2. The van der Waals surface area contributed by atoms with Crippen molar-refractivity contribution in [1.82, 2.24) is 5.32 Å². The smallest absolute Gasteiger partial charge is 0.299 e. The van der Waals surface area contributed by atoms with Crippen LogP contribution in [0.3, 0.4) is 0 Å². The average Bonchev–Trinajstić information content (AvgIpc) is 2.54. The van der Waals surface area contributed by atoms with Crippen molar-refractivity contribution in [3.63, 3.8) is 0 Å². The molecule has 0 saturated carbocycles. The molecule has 0 radical (unpaired) electrons. The van der Waals surface area contributed by atoms with Crippen molar-refractivity contribution in [3.8, 4) is 0 Å². The van der Waals surface area contributed by atoms with E-state index in [1.54, 1.807) is 24.3 Å². The van der Waals surface area contributed by atoms with E-state index in [0.29, 0.717) is 11.3 Å². The van der Waals surface area contributed by atoms with E-state index in [-0.39, 0.29) is 23.3 Å². The van der Waals surface area contributed by atoms with Crippen LogP contribution in [-0.4, -0.2) is 21.8 Å². The summed E-state index contributed by atoms with van der Waals surface area (Å²) in [7, 11) is 0. The Morgan fingerprint density at radius 3 is 2.28 bits per heavy atom. The monoisotopic (exact) mass is 344 g/mol. The topological polar surface area (TPSA) is 127 Å². The quantitative estimate of drug-likeness (QED) is 0.611. The fourth-order valence-electron chi connectivity index (χ4n) is 2.17. The Kier molecular flexibility index (Phi) is 5.28. The van der Waals surface area contributed by atoms with Gasteiger partial charge in [-0.05, 0) is 32.0 Å². The van der Waals surface area contributed by atoms with Gasteiger partial charge in [0.05, 0.1) is 27.2 Å². The summed E-state index contributed by atoms with van der Waals surface area (Å²) >= 11 is 0. The number of amides is 1. The van der Waals surface area contributed by atoms with Crippen molar-refractivity contribution < 1.29 is 14.6 Å². The number of carbonyl (C=O) groups is 1. The SMILES string of the molecule is CC(C)NC(=O)c1ccccc1Nc1ccc([N+](=O)[O-])cc1[N+](=O)[O-]. The van der Waals surface area contributed by atoms with Crippen LogP contribution in [-0.2, 0) is 0 Å². The van der Waals surface area contributed by atoms with Crippen molar-refractivity contribution in [3.05, 3.63) is 68.3 Å². The Bertz CT molecular complexity index is 835. The van der Waals surface area contributed by atoms with E-state index in [1.807, 2.05) is 13.8 Å². The number of non-ortho nitro benzene ring substituents is 1. The van der Waals surface area contributed by atoms with Crippen LogP contribution in [0.5, 0.6) is 0 Å². The molecular weight excluding hydrogens is 328 g/mol. The van der Waals surface area contributed by atoms with E-state index in [1.165, 1.54) is 6.07 Å². The summed E-state index contributed by atoms with van der Waals surface area (Å²) in [6.45, 7) is 3.63. The lowest BCUT2D eigenvalue weighted by Gasteiger charge is -2.14. The number of para-hydroxylation sites is 1. The standard InChI is InChI=1S/C16H16N4O5/c1-10(2)17-16(21)12-5-3-4-6-13(12)18-14-8-7-11(19(22)23)9-15(14)20(24)25/h3-10,18H,1-2H3,(H,17,21). The number of hydrogen-bond donors (Lipinski definition) is 2. The molecule has 2 N–H and O–H groups in total. The molecule has 9 nitrogen and oxygen atoms in total. The van der Waals surface area contributed by atoms with E-state index in [4.69, 9.17) is 0 Å². The van der Waals surface area contributed by atoms with Crippen LogP contribution in [0.4, 0.5) is 22.7 Å². The highest BCUT2D eigenvalue weighted by Gasteiger charge is 2.21. The van der Waals surface area contributed by atoms with Gasteiger partial charge in [0.1, 0.15) is 5.69 Å². The third kappa shape index (κ3) is 4.28. The maximum atomic E-state index is 12.3. The Balaban J connectivity index is 2.42. The minimum atomic E-state index is -0.716. The molecule has 130 valence electrons. The molecule has 0 aliphatic carbocycles. The zero-order chi connectivity index (χ0) is 18.6. The third-order valence-electron chi connectivity index (χ3n) is 3.25. The van der Waals surface area contributed by atoms with Gasteiger partial charge >= 0.3 is 0 Å². The molecular formula is C16H16N4O5. The van der Waals surface area contributed by atoms with Crippen LogP contribution in [0.2, 0.25) is 0 Å². The van der Waals surface area contributed by atoms with Gasteiger partial charge < -0.3 is 10.6 Å². The van der Waals surface area contributed by atoms with E-state index in [9.17, 15) is 25.0 Å². The number of rotatable bonds is 6. The average molecular weight is 344 g/mol. The first kappa shape index (κ1) is 17.9. The molecule has 9 heteroatoms. The van der Waals surface area contributed by atoms with Crippen LogP contribution in [0.25, 0.3) is 0 Å². The van der Waals surface area contributed by atoms with Gasteiger partial charge in [-0.25, -0.2) is 0 Å². The van der Waals surface area contributed by atoms with Crippen LogP contribution < -0.4 is 10.6 Å². The van der Waals surface area contributed by atoms with Gasteiger partial charge in [-0.2, -0.15) is 0 Å². The van der Waals surface area contributed by atoms with Gasteiger partial charge in [0.25, 0.3) is 17.3 Å². The van der Waals surface area contributed by atoms with Gasteiger partial charge in [-0.3, -0.25) is 25.0 Å². The second-order valence-corrected chi connectivity index (χ2v) is 5.51. The fourth-order valence-corrected chi connectivity index (χ4v) is 2.17. The van der Waals surface area contributed by atoms with Gasteiger partial charge in [0, 0.05) is 12.1 Å². The largest absolute Gasteiger partial charge is 0.350 e. The van der Waals surface area contributed by atoms with E-state index < -0.39 is 15.5 Å². The lowest BCUT2D eigenvalue weighted by Crippen LogP contribution is -2.30. The predicted molar refractivity (Wildman–Crippen MR) is 92.1 cm³/mol. The number of nitro groups is 2. The normalized spacial score (nSPS) is 10.4. The first-order valence-corrected chi connectivity index (χ1v) is 7.39.